The van der Waals surface area contributed by atoms with E-state index in [4.69, 9.17) is 4.74 Å². The van der Waals surface area contributed by atoms with Crippen molar-refractivity contribution in [2.45, 2.75) is 33.6 Å². The standard InChI is InChI=1S/C12H21N3O/c1-5-13-12-9(2)10(3)14-11(15-12)7-6-8-16-4/h5-8H2,1-4H3,(H,13,14,15). The fourth-order valence-electron chi connectivity index (χ4n) is 1.51. The van der Waals surface area contributed by atoms with Gasteiger partial charge in [0.1, 0.15) is 11.6 Å². The second-order valence-electron chi connectivity index (χ2n) is 3.83. The number of anilines is 1. The molecule has 0 radical (unpaired) electrons. The van der Waals surface area contributed by atoms with E-state index in [-0.39, 0.29) is 0 Å². The van der Waals surface area contributed by atoms with E-state index in [0.29, 0.717) is 0 Å². The molecule has 16 heavy (non-hydrogen) atoms. The third-order valence-corrected chi connectivity index (χ3v) is 2.53. The average molecular weight is 223 g/mol. The summed E-state index contributed by atoms with van der Waals surface area (Å²) in [7, 11) is 1.71. The molecule has 0 aliphatic heterocycles. The van der Waals surface area contributed by atoms with Gasteiger partial charge in [0.05, 0.1) is 0 Å². The van der Waals surface area contributed by atoms with E-state index in [1.807, 2.05) is 13.8 Å². The van der Waals surface area contributed by atoms with Crippen LogP contribution in [0.2, 0.25) is 0 Å². The Hall–Kier alpha value is -1.16. The van der Waals surface area contributed by atoms with Gasteiger partial charge in [-0.25, -0.2) is 9.97 Å². The van der Waals surface area contributed by atoms with Crippen molar-refractivity contribution < 1.29 is 4.74 Å². The maximum absolute atomic E-state index is 5.02. The minimum Gasteiger partial charge on any atom is -0.385 e. The highest BCUT2D eigenvalue weighted by molar-refractivity contribution is 5.45. The number of hydrogen-bond donors (Lipinski definition) is 1. The lowest BCUT2D eigenvalue weighted by Crippen LogP contribution is -2.08. The topological polar surface area (TPSA) is 47.0 Å². The summed E-state index contributed by atoms with van der Waals surface area (Å²) in [6.07, 6.45) is 1.83. The smallest absolute Gasteiger partial charge is 0.132 e. The summed E-state index contributed by atoms with van der Waals surface area (Å²) < 4.78 is 5.02. The van der Waals surface area contributed by atoms with Crippen molar-refractivity contribution in [2.75, 3.05) is 25.6 Å². The number of aryl methyl sites for hydroxylation is 2. The van der Waals surface area contributed by atoms with E-state index in [2.05, 4.69) is 22.2 Å². The van der Waals surface area contributed by atoms with Gasteiger partial charge in [-0.3, -0.25) is 0 Å². The van der Waals surface area contributed by atoms with E-state index in [0.717, 1.165) is 48.9 Å². The van der Waals surface area contributed by atoms with Crippen LogP contribution in [0.5, 0.6) is 0 Å². The van der Waals surface area contributed by atoms with Gasteiger partial charge in [0, 0.05) is 37.9 Å². The number of rotatable bonds is 6. The molecule has 1 aromatic heterocycles. The zero-order valence-electron chi connectivity index (χ0n) is 10.6. The van der Waals surface area contributed by atoms with Crippen LogP contribution in [0.25, 0.3) is 0 Å². The van der Waals surface area contributed by atoms with Crippen molar-refractivity contribution in [3.05, 3.63) is 17.1 Å². The Morgan fingerprint density at radius 2 is 2.00 bits per heavy atom. The van der Waals surface area contributed by atoms with Gasteiger partial charge in [-0.05, 0) is 27.2 Å². The highest BCUT2D eigenvalue weighted by atomic mass is 16.5. The minimum atomic E-state index is 0.757. The van der Waals surface area contributed by atoms with Crippen LogP contribution in [0.15, 0.2) is 0 Å². The Kier molecular flexibility index (Phi) is 5.19. The van der Waals surface area contributed by atoms with Gasteiger partial charge >= 0.3 is 0 Å². The van der Waals surface area contributed by atoms with Crippen molar-refractivity contribution in [1.29, 1.82) is 0 Å². The third kappa shape index (κ3) is 3.45. The molecule has 0 fully saturated rings. The predicted octanol–water partition coefficient (Wildman–Crippen LogP) is 2.10. The largest absolute Gasteiger partial charge is 0.385 e. The summed E-state index contributed by atoms with van der Waals surface area (Å²) >= 11 is 0. The molecule has 0 saturated carbocycles. The van der Waals surface area contributed by atoms with Crippen LogP contribution in [0, 0.1) is 13.8 Å². The first-order valence-electron chi connectivity index (χ1n) is 5.76. The first kappa shape index (κ1) is 12.9. The zero-order chi connectivity index (χ0) is 12.0. The van der Waals surface area contributed by atoms with Gasteiger partial charge < -0.3 is 10.1 Å². The monoisotopic (exact) mass is 223 g/mol. The van der Waals surface area contributed by atoms with E-state index in [1.54, 1.807) is 7.11 Å². The van der Waals surface area contributed by atoms with E-state index >= 15 is 0 Å². The quantitative estimate of drug-likeness (QED) is 0.750. The van der Waals surface area contributed by atoms with Crippen molar-refractivity contribution in [1.82, 2.24) is 9.97 Å². The highest BCUT2D eigenvalue weighted by Crippen LogP contribution is 2.15. The molecule has 0 aliphatic rings. The third-order valence-electron chi connectivity index (χ3n) is 2.53. The molecule has 0 amide bonds. The van der Waals surface area contributed by atoms with Gasteiger partial charge in [-0.1, -0.05) is 0 Å². The molecule has 4 nitrogen and oxygen atoms in total. The Bertz CT molecular complexity index is 339. The van der Waals surface area contributed by atoms with Gasteiger partial charge in [0.15, 0.2) is 0 Å². The molecule has 0 spiro atoms. The molecule has 90 valence electrons. The van der Waals surface area contributed by atoms with Crippen LogP contribution in [0.3, 0.4) is 0 Å². The lowest BCUT2D eigenvalue weighted by Gasteiger charge is -2.10. The van der Waals surface area contributed by atoms with Crippen LogP contribution in [0.4, 0.5) is 5.82 Å². The first-order chi connectivity index (χ1) is 7.69. The molecular formula is C12H21N3O. The summed E-state index contributed by atoms with van der Waals surface area (Å²) in [5, 5.41) is 3.27. The molecule has 0 aromatic carbocycles. The van der Waals surface area contributed by atoms with Gasteiger partial charge in [0.2, 0.25) is 0 Å². The summed E-state index contributed by atoms with van der Waals surface area (Å²) in [6, 6.07) is 0. The summed E-state index contributed by atoms with van der Waals surface area (Å²) in [5.74, 6) is 1.86. The lowest BCUT2D eigenvalue weighted by molar-refractivity contribution is 0.194. The number of aromatic nitrogens is 2. The molecule has 1 rings (SSSR count). The highest BCUT2D eigenvalue weighted by Gasteiger charge is 2.06. The molecule has 0 saturated heterocycles. The number of ether oxygens (including phenoxy) is 1. The van der Waals surface area contributed by atoms with Crippen LogP contribution >= 0.6 is 0 Å². The molecular weight excluding hydrogens is 202 g/mol. The van der Waals surface area contributed by atoms with Crippen molar-refractivity contribution in [3.8, 4) is 0 Å². The molecule has 4 heteroatoms. The first-order valence-corrected chi connectivity index (χ1v) is 5.76. The van der Waals surface area contributed by atoms with E-state index in [1.165, 1.54) is 0 Å². The number of methoxy groups -OCH3 is 1. The van der Waals surface area contributed by atoms with Gasteiger partial charge in [-0.15, -0.1) is 0 Å². The molecule has 0 unspecified atom stereocenters. The van der Waals surface area contributed by atoms with Crippen molar-refractivity contribution in [2.24, 2.45) is 0 Å². The lowest BCUT2D eigenvalue weighted by atomic mass is 10.2. The van der Waals surface area contributed by atoms with Gasteiger partial charge in [-0.2, -0.15) is 0 Å². The van der Waals surface area contributed by atoms with Crippen molar-refractivity contribution in [3.63, 3.8) is 0 Å². The second kappa shape index (κ2) is 6.43. The Morgan fingerprint density at radius 3 is 2.62 bits per heavy atom. The number of nitrogens with one attached hydrogen (secondary N) is 1. The van der Waals surface area contributed by atoms with E-state index < -0.39 is 0 Å². The molecule has 1 heterocycles. The molecule has 0 aliphatic carbocycles. The fraction of sp³-hybridized carbons (Fsp3) is 0.667. The molecule has 0 atom stereocenters. The summed E-state index contributed by atoms with van der Waals surface area (Å²) in [5.41, 5.74) is 2.19. The fourth-order valence-corrected chi connectivity index (χ4v) is 1.51. The minimum absolute atomic E-state index is 0.757. The number of nitrogens with zero attached hydrogens (tertiary/aromatic N) is 2. The Labute approximate surface area is 97.5 Å². The maximum Gasteiger partial charge on any atom is 0.132 e. The van der Waals surface area contributed by atoms with E-state index in [9.17, 15) is 0 Å². The Morgan fingerprint density at radius 1 is 1.25 bits per heavy atom. The second-order valence-corrected chi connectivity index (χ2v) is 3.83. The molecule has 0 bridgehead atoms. The summed E-state index contributed by atoms with van der Waals surface area (Å²) in [4.78, 5) is 9.00. The van der Waals surface area contributed by atoms with Crippen LogP contribution in [0.1, 0.15) is 30.4 Å². The van der Waals surface area contributed by atoms with Crippen LogP contribution in [-0.2, 0) is 11.2 Å². The Balaban J connectivity index is 2.77. The SMILES string of the molecule is CCNc1nc(CCCOC)nc(C)c1C. The molecule has 1 N–H and O–H groups in total. The summed E-state index contributed by atoms with van der Waals surface area (Å²) in [6.45, 7) is 7.78. The normalized spacial score (nSPS) is 10.5. The number of hydrogen-bond acceptors (Lipinski definition) is 4. The molecule has 1 aromatic rings. The average Bonchev–Trinajstić information content (AvgIpc) is 2.26. The van der Waals surface area contributed by atoms with Gasteiger partial charge in [0.25, 0.3) is 0 Å². The zero-order valence-corrected chi connectivity index (χ0v) is 10.6. The van der Waals surface area contributed by atoms with Crippen LogP contribution < -0.4 is 5.32 Å². The predicted molar refractivity (Wildman–Crippen MR) is 65.9 cm³/mol. The van der Waals surface area contributed by atoms with Crippen molar-refractivity contribution >= 4 is 5.82 Å². The van der Waals surface area contributed by atoms with Crippen LogP contribution in [-0.4, -0.2) is 30.2 Å². The maximum atomic E-state index is 5.02.